The van der Waals surface area contributed by atoms with Gasteiger partial charge >= 0.3 is 0 Å². The van der Waals surface area contributed by atoms with Gasteiger partial charge in [-0.2, -0.15) is 4.98 Å². The van der Waals surface area contributed by atoms with E-state index in [-0.39, 0.29) is 11.4 Å². The quantitative estimate of drug-likeness (QED) is 0.758. The van der Waals surface area contributed by atoms with Crippen molar-refractivity contribution >= 4 is 21.4 Å². The maximum Gasteiger partial charge on any atom is 0.242 e. The topological polar surface area (TPSA) is 98.0 Å². The average molecular weight is 350 g/mol. The number of aromatic nitrogens is 3. The minimum Gasteiger partial charge on any atom is -0.339 e. The zero-order valence-electron chi connectivity index (χ0n) is 12.5. The molecule has 23 heavy (non-hydrogen) atoms. The van der Waals surface area contributed by atoms with Crippen LogP contribution in [0.4, 0.5) is 0 Å². The highest BCUT2D eigenvalue weighted by Gasteiger charge is 2.22. The van der Waals surface area contributed by atoms with Crippen molar-refractivity contribution in [2.45, 2.75) is 25.3 Å². The predicted octanol–water partition coefficient (Wildman–Crippen LogP) is 2.29. The summed E-state index contributed by atoms with van der Waals surface area (Å²) in [7, 11) is -3.64. The van der Waals surface area contributed by atoms with Crippen molar-refractivity contribution in [2.24, 2.45) is 0 Å². The molecule has 0 unspecified atom stereocenters. The third-order valence-corrected chi connectivity index (χ3v) is 5.78. The Bertz CT molecular complexity index is 917. The fourth-order valence-electron chi connectivity index (χ4n) is 1.99. The van der Waals surface area contributed by atoms with E-state index in [4.69, 9.17) is 4.52 Å². The number of sulfonamides is 1. The maximum absolute atomic E-state index is 12.5. The smallest absolute Gasteiger partial charge is 0.242 e. The summed E-state index contributed by atoms with van der Waals surface area (Å²) >= 11 is 1.31. The lowest BCUT2D eigenvalue weighted by atomic mass is 10.4. The second kappa shape index (κ2) is 6.19. The number of nitrogens with one attached hydrogen (secondary N) is 1. The third kappa shape index (κ3) is 3.46. The molecule has 0 fully saturated rings. The van der Waals surface area contributed by atoms with Crippen LogP contribution in [0.15, 0.2) is 39.9 Å². The van der Waals surface area contributed by atoms with Gasteiger partial charge in [0.1, 0.15) is 0 Å². The average Bonchev–Trinajstić information content (AvgIpc) is 3.13. The van der Waals surface area contributed by atoms with Crippen LogP contribution in [0.25, 0.3) is 10.7 Å². The lowest BCUT2D eigenvalue weighted by molar-refractivity contribution is 0.394. The maximum atomic E-state index is 12.5. The van der Waals surface area contributed by atoms with E-state index >= 15 is 0 Å². The Morgan fingerprint density at radius 3 is 2.78 bits per heavy atom. The van der Waals surface area contributed by atoms with Gasteiger partial charge in [-0.3, -0.25) is 4.98 Å². The lowest BCUT2D eigenvalue weighted by Crippen LogP contribution is -2.23. The first-order chi connectivity index (χ1) is 11.0. The largest absolute Gasteiger partial charge is 0.339 e. The van der Waals surface area contributed by atoms with Crippen LogP contribution < -0.4 is 4.72 Å². The molecular weight excluding hydrogens is 336 g/mol. The number of nitrogens with zero attached hydrogens (tertiary/aromatic N) is 3. The molecule has 3 aromatic heterocycles. The Morgan fingerprint density at radius 1 is 1.30 bits per heavy atom. The number of hydrogen-bond acceptors (Lipinski definition) is 7. The standard InChI is InChI=1S/C14H14N4O3S2/c1-9-13(7-12(22-9)14-17-10(2)21-18-14)23(19,20)16-8-11-5-3-4-6-15-11/h3-7,16H,8H2,1-2H3. The van der Waals surface area contributed by atoms with Crippen LogP contribution in [0.2, 0.25) is 0 Å². The van der Waals surface area contributed by atoms with Gasteiger partial charge in [-0.05, 0) is 25.1 Å². The first kappa shape index (κ1) is 15.8. The molecule has 0 aromatic carbocycles. The van der Waals surface area contributed by atoms with E-state index in [0.717, 1.165) is 0 Å². The number of thiophene rings is 1. The Balaban J connectivity index is 1.84. The molecule has 0 atom stereocenters. The highest BCUT2D eigenvalue weighted by atomic mass is 32.2. The SMILES string of the molecule is Cc1nc(-c2cc(S(=O)(=O)NCc3ccccn3)c(C)s2)no1. The third-order valence-electron chi connectivity index (χ3n) is 3.08. The fraction of sp³-hybridized carbons (Fsp3) is 0.214. The molecule has 3 aromatic rings. The predicted molar refractivity (Wildman–Crippen MR) is 85.3 cm³/mol. The Hall–Kier alpha value is -2.10. The molecule has 0 spiro atoms. The second-order valence-corrected chi connectivity index (χ2v) is 7.81. The number of aryl methyl sites for hydroxylation is 2. The van der Waals surface area contributed by atoms with Gasteiger partial charge in [0.2, 0.25) is 21.7 Å². The molecule has 0 amide bonds. The monoisotopic (exact) mass is 350 g/mol. The molecule has 0 aliphatic carbocycles. The van der Waals surface area contributed by atoms with E-state index < -0.39 is 10.0 Å². The van der Waals surface area contributed by atoms with Crippen LogP contribution >= 0.6 is 11.3 Å². The normalized spacial score (nSPS) is 11.7. The lowest BCUT2D eigenvalue weighted by Gasteiger charge is -2.05. The zero-order chi connectivity index (χ0) is 16.4. The minimum absolute atomic E-state index is 0.134. The van der Waals surface area contributed by atoms with E-state index in [1.807, 2.05) is 6.07 Å². The molecule has 7 nitrogen and oxygen atoms in total. The van der Waals surface area contributed by atoms with Crippen molar-refractivity contribution in [2.75, 3.05) is 0 Å². The van der Waals surface area contributed by atoms with Crippen molar-refractivity contribution in [3.05, 3.63) is 46.9 Å². The van der Waals surface area contributed by atoms with E-state index in [1.165, 1.54) is 11.3 Å². The highest BCUT2D eigenvalue weighted by molar-refractivity contribution is 7.89. The van der Waals surface area contributed by atoms with Crippen molar-refractivity contribution in [3.8, 4) is 10.7 Å². The Labute approximate surface area is 137 Å². The van der Waals surface area contributed by atoms with Crippen LogP contribution in [0.1, 0.15) is 16.5 Å². The summed E-state index contributed by atoms with van der Waals surface area (Å²) in [6, 6.07) is 6.91. The zero-order valence-corrected chi connectivity index (χ0v) is 14.1. The van der Waals surface area contributed by atoms with Crippen LogP contribution in [0, 0.1) is 13.8 Å². The number of rotatable bonds is 5. The van der Waals surface area contributed by atoms with Crippen LogP contribution in [0.5, 0.6) is 0 Å². The van der Waals surface area contributed by atoms with Gasteiger partial charge in [0.05, 0.1) is 22.0 Å². The first-order valence-corrected chi connectivity index (χ1v) is 9.06. The summed E-state index contributed by atoms with van der Waals surface area (Å²) in [5.74, 6) is 0.825. The summed E-state index contributed by atoms with van der Waals surface area (Å²) in [6.45, 7) is 3.56. The van der Waals surface area contributed by atoms with Crippen LogP contribution in [0.3, 0.4) is 0 Å². The van der Waals surface area contributed by atoms with Gasteiger partial charge < -0.3 is 4.52 Å². The van der Waals surface area contributed by atoms with Gasteiger partial charge in [-0.25, -0.2) is 13.1 Å². The van der Waals surface area contributed by atoms with Gasteiger partial charge in [-0.15, -0.1) is 11.3 Å². The fourth-order valence-corrected chi connectivity index (χ4v) is 4.51. The molecule has 0 aliphatic rings. The Kier molecular flexibility index (Phi) is 4.24. The summed E-state index contributed by atoms with van der Waals surface area (Å²) in [6.07, 6.45) is 1.62. The summed E-state index contributed by atoms with van der Waals surface area (Å²) in [5, 5.41) is 3.82. The van der Waals surface area contributed by atoms with Crippen LogP contribution in [-0.4, -0.2) is 23.5 Å². The molecule has 0 saturated carbocycles. The summed E-state index contributed by atoms with van der Waals surface area (Å²) in [5.41, 5.74) is 0.651. The van der Waals surface area contributed by atoms with E-state index in [9.17, 15) is 8.42 Å². The van der Waals surface area contributed by atoms with Crippen molar-refractivity contribution in [1.29, 1.82) is 0 Å². The van der Waals surface area contributed by atoms with E-state index in [0.29, 0.717) is 27.2 Å². The van der Waals surface area contributed by atoms with Gasteiger partial charge in [0.15, 0.2) is 0 Å². The molecule has 0 bridgehead atoms. The number of hydrogen-bond donors (Lipinski definition) is 1. The molecule has 0 radical (unpaired) electrons. The minimum atomic E-state index is -3.64. The first-order valence-electron chi connectivity index (χ1n) is 6.76. The highest BCUT2D eigenvalue weighted by Crippen LogP contribution is 2.31. The Morgan fingerprint density at radius 2 is 2.13 bits per heavy atom. The van der Waals surface area contributed by atoms with E-state index in [1.54, 1.807) is 38.2 Å². The van der Waals surface area contributed by atoms with E-state index in [2.05, 4.69) is 19.8 Å². The molecule has 3 heterocycles. The van der Waals surface area contributed by atoms with Gasteiger partial charge in [0.25, 0.3) is 0 Å². The van der Waals surface area contributed by atoms with Crippen LogP contribution in [-0.2, 0) is 16.6 Å². The van der Waals surface area contributed by atoms with Crippen molar-refractivity contribution in [3.63, 3.8) is 0 Å². The molecule has 120 valence electrons. The second-order valence-electron chi connectivity index (χ2n) is 4.81. The van der Waals surface area contributed by atoms with Gasteiger partial charge in [-0.1, -0.05) is 11.2 Å². The molecule has 1 N–H and O–H groups in total. The van der Waals surface area contributed by atoms with Crippen molar-refractivity contribution < 1.29 is 12.9 Å². The molecule has 0 aliphatic heterocycles. The number of pyridine rings is 1. The van der Waals surface area contributed by atoms with Crippen molar-refractivity contribution in [1.82, 2.24) is 19.8 Å². The summed E-state index contributed by atoms with van der Waals surface area (Å²) in [4.78, 5) is 9.75. The molecule has 0 saturated heterocycles. The molecule has 9 heteroatoms. The van der Waals surface area contributed by atoms with Gasteiger partial charge in [0, 0.05) is 18.0 Å². The molecule has 3 rings (SSSR count). The summed E-state index contributed by atoms with van der Waals surface area (Å²) < 4.78 is 32.4. The molecular formula is C14H14N4O3S2.